The van der Waals surface area contributed by atoms with Gasteiger partial charge >= 0.3 is 0 Å². The van der Waals surface area contributed by atoms with E-state index in [9.17, 15) is 9.18 Å². The van der Waals surface area contributed by atoms with Crippen molar-refractivity contribution in [2.75, 3.05) is 5.32 Å². The third-order valence-electron chi connectivity index (χ3n) is 3.52. The minimum Gasteiger partial charge on any atom is -0.335 e. The van der Waals surface area contributed by atoms with Gasteiger partial charge in [-0.1, -0.05) is 29.8 Å². The molecule has 0 atom stereocenters. The van der Waals surface area contributed by atoms with Gasteiger partial charge in [0, 0.05) is 16.2 Å². The average molecular weight is 317 g/mol. The number of benzene rings is 2. The fourth-order valence-corrected chi connectivity index (χ4v) is 2.64. The van der Waals surface area contributed by atoms with Crippen LogP contribution in [0.5, 0.6) is 0 Å². The highest BCUT2D eigenvalue weighted by atomic mass is 35.5. The largest absolute Gasteiger partial charge is 0.335 e. The molecule has 0 radical (unpaired) electrons. The van der Waals surface area contributed by atoms with E-state index in [-0.39, 0.29) is 18.1 Å². The Kier molecular flexibility index (Phi) is 3.86. The van der Waals surface area contributed by atoms with Crippen molar-refractivity contribution in [3.63, 3.8) is 0 Å². The number of hydrogen-bond acceptors (Lipinski definition) is 1. The number of rotatable bonds is 3. The van der Waals surface area contributed by atoms with Crippen LogP contribution in [0.15, 0.2) is 48.5 Å². The zero-order valence-electron chi connectivity index (χ0n) is 11.9. The molecule has 112 valence electrons. The van der Waals surface area contributed by atoms with Crippen LogP contribution in [0.1, 0.15) is 5.69 Å². The molecule has 0 fully saturated rings. The van der Waals surface area contributed by atoms with E-state index >= 15 is 0 Å². The fraction of sp³-hybridized carbons (Fsp3) is 0.118. The van der Waals surface area contributed by atoms with Crippen molar-refractivity contribution in [2.24, 2.45) is 0 Å². The maximum absolute atomic E-state index is 13.7. The normalized spacial score (nSPS) is 10.9. The summed E-state index contributed by atoms with van der Waals surface area (Å²) in [5, 5.41) is 3.94. The zero-order valence-corrected chi connectivity index (χ0v) is 12.7. The number of fused-ring (bicyclic) bond motifs is 1. The Bertz CT molecular complexity index is 857. The van der Waals surface area contributed by atoms with Crippen molar-refractivity contribution >= 4 is 34.1 Å². The predicted octanol–water partition coefficient (Wildman–Crippen LogP) is 4.38. The molecule has 3 nitrogen and oxygen atoms in total. The Labute approximate surface area is 132 Å². The van der Waals surface area contributed by atoms with E-state index in [0.29, 0.717) is 5.02 Å². The van der Waals surface area contributed by atoms with Gasteiger partial charge in [-0.25, -0.2) is 4.39 Å². The number of halogens is 2. The van der Waals surface area contributed by atoms with E-state index in [1.54, 1.807) is 0 Å². The molecule has 1 heterocycles. The molecule has 2 aromatic carbocycles. The van der Waals surface area contributed by atoms with E-state index in [1.165, 1.54) is 18.2 Å². The highest BCUT2D eigenvalue weighted by molar-refractivity contribution is 6.30. The average Bonchev–Trinajstić information content (AvgIpc) is 2.78. The van der Waals surface area contributed by atoms with Gasteiger partial charge in [0.2, 0.25) is 5.91 Å². The number of carbonyl (C=O) groups excluding carboxylic acids is 1. The lowest BCUT2D eigenvalue weighted by Gasteiger charge is -2.10. The van der Waals surface area contributed by atoms with Gasteiger partial charge in [-0.15, -0.1) is 0 Å². The minimum atomic E-state index is -0.546. The number of nitrogens with zero attached hydrogens (tertiary/aromatic N) is 1. The molecule has 0 bridgehead atoms. The van der Waals surface area contributed by atoms with Gasteiger partial charge in [0.05, 0.1) is 5.69 Å². The predicted molar refractivity (Wildman–Crippen MR) is 86.7 cm³/mol. The lowest BCUT2D eigenvalue weighted by Crippen LogP contribution is -2.19. The molecule has 3 aromatic rings. The summed E-state index contributed by atoms with van der Waals surface area (Å²) in [5.41, 5.74) is 2.09. The molecule has 1 N–H and O–H groups in total. The first-order valence-electron chi connectivity index (χ1n) is 6.84. The molecule has 22 heavy (non-hydrogen) atoms. The lowest BCUT2D eigenvalue weighted by atomic mass is 10.2. The van der Waals surface area contributed by atoms with Crippen molar-refractivity contribution in [2.45, 2.75) is 13.5 Å². The molecular formula is C17H14ClFN2O. The monoisotopic (exact) mass is 316 g/mol. The lowest BCUT2D eigenvalue weighted by molar-refractivity contribution is -0.116. The number of para-hydroxylation sites is 1. The molecular weight excluding hydrogens is 303 g/mol. The standard InChI is InChI=1S/C17H14ClFN2O/c1-11-8-12-4-2-3-5-16(12)21(11)10-17(22)20-15-7-6-13(18)9-14(15)19/h2-9H,10H2,1H3,(H,20,22). The molecule has 3 rings (SSSR count). The van der Waals surface area contributed by atoms with E-state index in [1.807, 2.05) is 41.8 Å². The van der Waals surface area contributed by atoms with Gasteiger partial charge in [-0.3, -0.25) is 4.79 Å². The van der Waals surface area contributed by atoms with Gasteiger partial charge < -0.3 is 9.88 Å². The summed E-state index contributed by atoms with van der Waals surface area (Å²) in [7, 11) is 0. The van der Waals surface area contributed by atoms with Crippen LogP contribution in [0.2, 0.25) is 5.02 Å². The molecule has 0 unspecified atom stereocenters. The van der Waals surface area contributed by atoms with Crippen molar-refractivity contribution in [3.05, 3.63) is 65.1 Å². The van der Waals surface area contributed by atoms with Gasteiger partial charge in [-0.2, -0.15) is 0 Å². The summed E-state index contributed by atoms with van der Waals surface area (Å²) in [4.78, 5) is 12.2. The number of anilines is 1. The van der Waals surface area contributed by atoms with Crippen molar-refractivity contribution in [3.8, 4) is 0 Å². The minimum absolute atomic E-state index is 0.126. The molecule has 0 saturated heterocycles. The first-order valence-corrected chi connectivity index (χ1v) is 7.22. The Balaban J connectivity index is 1.83. The van der Waals surface area contributed by atoms with Crippen LogP contribution in [-0.2, 0) is 11.3 Å². The number of aromatic nitrogens is 1. The Morgan fingerprint density at radius 2 is 2.00 bits per heavy atom. The quantitative estimate of drug-likeness (QED) is 0.764. The van der Waals surface area contributed by atoms with E-state index in [2.05, 4.69) is 5.32 Å². The maximum Gasteiger partial charge on any atom is 0.244 e. The van der Waals surface area contributed by atoms with Crippen LogP contribution < -0.4 is 5.32 Å². The second kappa shape index (κ2) is 5.81. The number of hydrogen-bond donors (Lipinski definition) is 1. The van der Waals surface area contributed by atoms with Gasteiger partial charge in [0.25, 0.3) is 0 Å². The Hall–Kier alpha value is -2.33. The number of carbonyl (C=O) groups is 1. The summed E-state index contributed by atoms with van der Waals surface area (Å²) in [6, 6.07) is 14.0. The summed E-state index contributed by atoms with van der Waals surface area (Å²) >= 11 is 5.70. The van der Waals surface area contributed by atoms with Crippen LogP contribution >= 0.6 is 11.6 Å². The third kappa shape index (κ3) is 2.83. The molecule has 5 heteroatoms. The van der Waals surface area contributed by atoms with E-state index in [4.69, 9.17) is 11.6 Å². The molecule has 0 aliphatic rings. The molecule has 1 aromatic heterocycles. The first-order chi connectivity index (χ1) is 10.5. The summed E-state index contributed by atoms with van der Waals surface area (Å²) in [6.45, 7) is 2.07. The zero-order chi connectivity index (χ0) is 15.7. The molecule has 1 amide bonds. The van der Waals surface area contributed by atoms with Crippen LogP contribution in [0.4, 0.5) is 10.1 Å². The smallest absolute Gasteiger partial charge is 0.244 e. The molecule has 0 spiro atoms. The van der Waals surface area contributed by atoms with Crippen molar-refractivity contribution < 1.29 is 9.18 Å². The number of amides is 1. The summed E-state index contributed by atoms with van der Waals surface area (Å²) in [5.74, 6) is -0.833. The third-order valence-corrected chi connectivity index (χ3v) is 3.76. The van der Waals surface area contributed by atoms with E-state index < -0.39 is 5.82 Å². The second-order valence-electron chi connectivity index (χ2n) is 5.10. The Morgan fingerprint density at radius 3 is 2.77 bits per heavy atom. The number of aryl methyl sites for hydroxylation is 1. The highest BCUT2D eigenvalue weighted by Crippen LogP contribution is 2.21. The maximum atomic E-state index is 13.7. The topological polar surface area (TPSA) is 34.0 Å². The van der Waals surface area contributed by atoms with E-state index in [0.717, 1.165) is 16.6 Å². The van der Waals surface area contributed by atoms with Crippen LogP contribution in [0, 0.1) is 12.7 Å². The fourth-order valence-electron chi connectivity index (χ4n) is 2.48. The van der Waals surface area contributed by atoms with Crippen LogP contribution in [0.25, 0.3) is 10.9 Å². The highest BCUT2D eigenvalue weighted by Gasteiger charge is 2.11. The van der Waals surface area contributed by atoms with Gasteiger partial charge in [0.15, 0.2) is 0 Å². The molecule has 0 aliphatic heterocycles. The molecule has 0 aliphatic carbocycles. The van der Waals surface area contributed by atoms with Crippen molar-refractivity contribution in [1.29, 1.82) is 0 Å². The Morgan fingerprint density at radius 1 is 1.23 bits per heavy atom. The second-order valence-corrected chi connectivity index (χ2v) is 5.54. The van der Waals surface area contributed by atoms with Gasteiger partial charge in [0.1, 0.15) is 12.4 Å². The first kappa shape index (κ1) is 14.6. The summed E-state index contributed by atoms with van der Waals surface area (Å²) < 4.78 is 15.6. The van der Waals surface area contributed by atoms with Crippen LogP contribution in [-0.4, -0.2) is 10.5 Å². The molecule has 0 saturated carbocycles. The van der Waals surface area contributed by atoms with Gasteiger partial charge in [-0.05, 0) is 42.6 Å². The van der Waals surface area contributed by atoms with Crippen LogP contribution in [0.3, 0.4) is 0 Å². The van der Waals surface area contributed by atoms with Crippen molar-refractivity contribution in [1.82, 2.24) is 4.57 Å². The SMILES string of the molecule is Cc1cc2ccccc2n1CC(=O)Nc1ccc(Cl)cc1F. The summed E-state index contributed by atoms with van der Waals surface area (Å²) in [6.07, 6.45) is 0. The number of nitrogens with one attached hydrogen (secondary N) is 1.